The fourth-order valence-electron chi connectivity index (χ4n) is 2.28. The molecular weight excluding hydrogens is 214 g/mol. The minimum absolute atomic E-state index is 0.0798. The summed E-state index contributed by atoms with van der Waals surface area (Å²) in [5, 5.41) is 0. The van der Waals surface area contributed by atoms with E-state index in [1.807, 2.05) is 18.3 Å². The van der Waals surface area contributed by atoms with Crippen LogP contribution in [0.15, 0.2) is 24.4 Å². The molecule has 1 rings (SSSR count). The summed E-state index contributed by atoms with van der Waals surface area (Å²) >= 11 is 4.92. The lowest BCUT2D eigenvalue weighted by atomic mass is 9.85. The molecule has 0 radical (unpaired) electrons. The van der Waals surface area contributed by atoms with Gasteiger partial charge in [-0.15, -0.1) is 0 Å². The van der Waals surface area contributed by atoms with Gasteiger partial charge in [0.15, 0.2) is 0 Å². The van der Waals surface area contributed by atoms with Crippen molar-refractivity contribution in [3.05, 3.63) is 30.1 Å². The van der Waals surface area contributed by atoms with Gasteiger partial charge in [-0.25, -0.2) is 0 Å². The van der Waals surface area contributed by atoms with E-state index >= 15 is 0 Å². The topological polar surface area (TPSA) is 12.9 Å². The summed E-state index contributed by atoms with van der Waals surface area (Å²) in [6.07, 6.45) is 4.01. The van der Waals surface area contributed by atoms with E-state index in [9.17, 15) is 0 Å². The van der Waals surface area contributed by atoms with Gasteiger partial charge < -0.3 is 0 Å². The lowest BCUT2D eigenvalue weighted by Gasteiger charge is -2.31. The van der Waals surface area contributed by atoms with Crippen LogP contribution in [0.5, 0.6) is 0 Å². The van der Waals surface area contributed by atoms with Crippen molar-refractivity contribution in [2.24, 2.45) is 11.8 Å². The molecule has 1 nitrogen and oxygen atoms in total. The van der Waals surface area contributed by atoms with E-state index in [4.69, 9.17) is 12.6 Å². The summed E-state index contributed by atoms with van der Waals surface area (Å²) in [7, 11) is 0. The zero-order valence-electron chi connectivity index (χ0n) is 10.8. The van der Waals surface area contributed by atoms with Crippen LogP contribution in [0.3, 0.4) is 0 Å². The SMILES string of the molecule is CC(C)CC(S)(CC(C)C)c1ccccn1. The number of hydrogen-bond donors (Lipinski definition) is 1. The smallest absolute Gasteiger partial charge is 0.0562 e. The molecule has 0 saturated carbocycles. The molecule has 2 heteroatoms. The van der Waals surface area contributed by atoms with Crippen LogP contribution < -0.4 is 0 Å². The molecule has 0 aromatic carbocycles. The summed E-state index contributed by atoms with van der Waals surface area (Å²) in [6.45, 7) is 8.98. The predicted octanol–water partition coefficient (Wildman–Crippen LogP) is 4.30. The monoisotopic (exact) mass is 237 g/mol. The molecule has 90 valence electrons. The third kappa shape index (κ3) is 3.82. The molecule has 0 aliphatic heterocycles. The fourth-order valence-corrected chi connectivity index (χ4v) is 3.14. The minimum Gasteiger partial charge on any atom is -0.260 e. The summed E-state index contributed by atoms with van der Waals surface area (Å²) in [5.41, 5.74) is 1.11. The number of rotatable bonds is 5. The normalized spacial score (nSPS) is 12.4. The highest BCUT2D eigenvalue weighted by molar-refractivity contribution is 7.81. The van der Waals surface area contributed by atoms with E-state index in [0.717, 1.165) is 18.5 Å². The maximum absolute atomic E-state index is 4.92. The van der Waals surface area contributed by atoms with E-state index < -0.39 is 0 Å². The molecule has 0 saturated heterocycles. The van der Waals surface area contributed by atoms with Gasteiger partial charge in [0.05, 0.1) is 10.4 Å². The Morgan fingerprint density at radius 1 is 1.12 bits per heavy atom. The van der Waals surface area contributed by atoms with Gasteiger partial charge in [0.2, 0.25) is 0 Å². The van der Waals surface area contributed by atoms with Crippen molar-refractivity contribution in [2.75, 3.05) is 0 Å². The number of pyridine rings is 1. The molecular formula is C14H23NS. The average Bonchev–Trinajstić information content (AvgIpc) is 2.16. The van der Waals surface area contributed by atoms with Gasteiger partial charge >= 0.3 is 0 Å². The van der Waals surface area contributed by atoms with Crippen molar-refractivity contribution in [2.45, 2.75) is 45.3 Å². The van der Waals surface area contributed by atoms with E-state index in [-0.39, 0.29) is 4.75 Å². The standard InChI is InChI=1S/C14H23NS/c1-11(2)9-14(16,10-12(3)4)13-7-5-6-8-15-13/h5-8,11-12,16H,9-10H2,1-4H3. The fraction of sp³-hybridized carbons (Fsp3) is 0.643. The molecule has 0 spiro atoms. The number of hydrogen-bond acceptors (Lipinski definition) is 2. The van der Waals surface area contributed by atoms with Gasteiger partial charge in [0.25, 0.3) is 0 Å². The maximum atomic E-state index is 4.92. The third-order valence-corrected chi connectivity index (χ3v) is 3.23. The summed E-state index contributed by atoms with van der Waals surface area (Å²) in [4.78, 5) is 4.48. The molecule has 0 aliphatic rings. The van der Waals surface area contributed by atoms with Crippen LogP contribution in [0.2, 0.25) is 0 Å². The zero-order valence-corrected chi connectivity index (χ0v) is 11.7. The summed E-state index contributed by atoms with van der Waals surface area (Å²) in [5.74, 6) is 1.27. The molecule has 0 atom stereocenters. The average molecular weight is 237 g/mol. The second-order valence-electron chi connectivity index (χ2n) is 5.44. The van der Waals surface area contributed by atoms with Crippen LogP contribution in [-0.4, -0.2) is 4.98 Å². The Morgan fingerprint density at radius 3 is 2.06 bits per heavy atom. The Hall–Kier alpha value is -0.500. The van der Waals surface area contributed by atoms with Gasteiger partial charge in [-0.1, -0.05) is 33.8 Å². The lowest BCUT2D eigenvalue weighted by Crippen LogP contribution is -2.24. The third-order valence-electron chi connectivity index (χ3n) is 2.63. The van der Waals surface area contributed by atoms with E-state index in [1.165, 1.54) is 0 Å². The second-order valence-corrected chi connectivity index (χ2v) is 6.30. The van der Waals surface area contributed by atoms with Crippen molar-refractivity contribution in [3.8, 4) is 0 Å². The van der Waals surface area contributed by atoms with Crippen molar-refractivity contribution < 1.29 is 0 Å². The zero-order chi connectivity index (χ0) is 12.2. The van der Waals surface area contributed by atoms with E-state index in [2.05, 4.69) is 38.7 Å². The van der Waals surface area contributed by atoms with Gasteiger partial charge in [-0.3, -0.25) is 4.98 Å². The molecule has 0 amide bonds. The van der Waals surface area contributed by atoms with Crippen LogP contribution >= 0.6 is 12.6 Å². The minimum atomic E-state index is -0.0798. The molecule has 16 heavy (non-hydrogen) atoms. The van der Waals surface area contributed by atoms with Crippen molar-refractivity contribution in [3.63, 3.8) is 0 Å². The Kier molecular flexibility index (Phi) is 4.85. The molecule has 0 N–H and O–H groups in total. The van der Waals surface area contributed by atoms with Gasteiger partial charge in [-0.05, 0) is 36.8 Å². The highest BCUT2D eigenvalue weighted by Crippen LogP contribution is 2.39. The first-order valence-electron chi connectivity index (χ1n) is 6.08. The lowest BCUT2D eigenvalue weighted by molar-refractivity contribution is 0.385. The largest absolute Gasteiger partial charge is 0.260 e. The van der Waals surface area contributed by atoms with Crippen LogP contribution in [0, 0.1) is 11.8 Å². The van der Waals surface area contributed by atoms with Gasteiger partial charge in [0, 0.05) is 6.20 Å². The number of nitrogens with zero attached hydrogens (tertiary/aromatic N) is 1. The van der Waals surface area contributed by atoms with Crippen molar-refractivity contribution in [1.29, 1.82) is 0 Å². The molecule has 1 aromatic rings. The number of thiol groups is 1. The first-order chi connectivity index (χ1) is 7.44. The first-order valence-corrected chi connectivity index (χ1v) is 6.52. The van der Waals surface area contributed by atoms with E-state index in [0.29, 0.717) is 11.8 Å². The van der Waals surface area contributed by atoms with Crippen LogP contribution in [-0.2, 0) is 4.75 Å². The molecule has 1 aromatic heterocycles. The van der Waals surface area contributed by atoms with Crippen molar-refractivity contribution >= 4 is 12.6 Å². The molecule has 0 fully saturated rings. The highest BCUT2D eigenvalue weighted by atomic mass is 32.1. The molecule has 0 bridgehead atoms. The second kappa shape index (κ2) is 5.72. The van der Waals surface area contributed by atoms with Gasteiger partial charge in [-0.2, -0.15) is 12.6 Å². The van der Waals surface area contributed by atoms with Crippen molar-refractivity contribution in [1.82, 2.24) is 4.98 Å². The summed E-state index contributed by atoms with van der Waals surface area (Å²) in [6, 6.07) is 6.11. The first kappa shape index (κ1) is 13.6. The highest BCUT2D eigenvalue weighted by Gasteiger charge is 2.30. The van der Waals surface area contributed by atoms with Crippen LogP contribution in [0.1, 0.15) is 46.2 Å². The molecule has 1 heterocycles. The van der Waals surface area contributed by atoms with Gasteiger partial charge in [0.1, 0.15) is 0 Å². The number of aromatic nitrogens is 1. The molecule has 0 unspecified atom stereocenters. The van der Waals surface area contributed by atoms with Crippen LogP contribution in [0.25, 0.3) is 0 Å². The Labute approximate surface area is 105 Å². The Morgan fingerprint density at radius 2 is 1.69 bits per heavy atom. The Bertz CT molecular complexity index is 296. The predicted molar refractivity (Wildman–Crippen MR) is 73.8 cm³/mol. The maximum Gasteiger partial charge on any atom is 0.0562 e. The summed E-state index contributed by atoms with van der Waals surface area (Å²) < 4.78 is -0.0798. The van der Waals surface area contributed by atoms with E-state index in [1.54, 1.807) is 0 Å². The van der Waals surface area contributed by atoms with Crippen LogP contribution in [0.4, 0.5) is 0 Å². The Balaban J connectivity index is 2.95. The quantitative estimate of drug-likeness (QED) is 0.753. The molecule has 0 aliphatic carbocycles.